The zero-order chi connectivity index (χ0) is 30.3. The van der Waals surface area contributed by atoms with Gasteiger partial charge in [0.2, 0.25) is 0 Å². The van der Waals surface area contributed by atoms with Gasteiger partial charge in [0.1, 0.15) is 12.4 Å². The van der Waals surface area contributed by atoms with Gasteiger partial charge in [0.15, 0.2) is 0 Å². The molecule has 3 aromatic carbocycles. The van der Waals surface area contributed by atoms with Crippen molar-refractivity contribution in [3.8, 4) is 11.1 Å². The summed E-state index contributed by atoms with van der Waals surface area (Å²) in [6.45, 7) is 1.17. The van der Waals surface area contributed by atoms with Crippen LogP contribution >= 0.6 is 11.6 Å². The Hall–Kier alpha value is -3.89. The smallest absolute Gasteiger partial charge is 0.407 e. The Labute approximate surface area is 251 Å². The maximum atomic E-state index is 13.8. The first-order valence-electron chi connectivity index (χ1n) is 14.2. The second-order valence-corrected chi connectivity index (χ2v) is 11.5. The number of ether oxygens (including phenoxy) is 1. The van der Waals surface area contributed by atoms with Crippen LogP contribution in [0.4, 0.5) is 18.0 Å². The van der Waals surface area contributed by atoms with Crippen LogP contribution in [0.25, 0.3) is 22.0 Å². The molecule has 11 heteroatoms. The summed E-state index contributed by atoms with van der Waals surface area (Å²) in [5.41, 5.74) is 4.39. The number of benzene rings is 3. The molecule has 0 unspecified atom stereocenters. The van der Waals surface area contributed by atoms with Crippen molar-refractivity contribution in [2.75, 3.05) is 26.2 Å². The Kier molecular flexibility index (Phi) is 7.91. The monoisotopic (exact) mass is 610 g/mol. The molecule has 1 atom stereocenters. The molecule has 0 spiro atoms. The van der Waals surface area contributed by atoms with Crippen LogP contribution in [0, 0.1) is 0 Å². The third kappa shape index (κ3) is 5.86. The summed E-state index contributed by atoms with van der Waals surface area (Å²) in [4.78, 5) is 32.9. The molecule has 43 heavy (non-hydrogen) atoms. The van der Waals surface area contributed by atoms with Gasteiger partial charge in [-0.2, -0.15) is 13.2 Å². The number of hydrogen-bond acceptors (Lipinski definition) is 5. The number of amides is 1. The quantitative estimate of drug-likeness (QED) is 0.258. The van der Waals surface area contributed by atoms with Gasteiger partial charge in [-0.25, -0.2) is 9.78 Å². The average molecular weight is 611 g/mol. The summed E-state index contributed by atoms with van der Waals surface area (Å²) in [6, 6.07) is 19.9. The molecule has 4 aromatic rings. The number of nitrogens with zero attached hydrogens (tertiary/aromatic N) is 3. The fourth-order valence-electron chi connectivity index (χ4n) is 6.35. The Morgan fingerprint density at radius 3 is 2.28 bits per heavy atom. The normalized spacial score (nSPS) is 16.6. The Morgan fingerprint density at radius 2 is 1.65 bits per heavy atom. The molecule has 6 rings (SSSR count). The van der Waals surface area contributed by atoms with Crippen LogP contribution in [-0.4, -0.2) is 53.0 Å². The summed E-state index contributed by atoms with van der Waals surface area (Å²) >= 11 is 6.38. The van der Waals surface area contributed by atoms with E-state index >= 15 is 0 Å². The van der Waals surface area contributed by atoms with E-state index in [9.17, 15) is 22.8 Å². The van der Waals surface area contributed by atoms with Gasteiger partial charge in [0.05, 0.1) is 28.5 Å². The largest absolute Gasteiger partial charge is 0.449 e. The third-order valence-corrected chi connectivity index (χ3v) is 8.61. The van der Waals surface area contributed by atoms with E-state index < -0.39 is 30.9 Å². The lowest BCUT2D eigenvalue weighted by atomic mass is 9.98. The Bertz CT molecular complexity index is 1690. The molecule has 1 saturated heterocycles. The minimum Gasteiger partial charge on any atom is -0.449 e. The van der Waals surface area contributed by atoms with E-state index in [1.807, 2.05) is 36.4 Å². The van der Waals surface area contributed by atoms with E-state index in [0.717, 1.165) is 22.3 Å². The molecular weight excluding hydrogens is 581 g/mol. The standard InChI is InChI=1S/C32H30ClF3N4O3/c1-19(37-31(42)43-17-25-23-9-4-2-7-21(23)22-8-3-5-10-24(22)25)29-38-27-12-6-11-26(33)28(27)30(41)40(29)20-13-15-39(16-14-20)18-32(34,35)36/h2-12,19-20,25H,13-18H2,1H3,(H,37,42)/t19-/m0/s1. The van der Waals surface area contributed by atoms with E-state index in [-0.39, 0.29) is 41.6 Å². The van der Waals surface area contributed by atoms with Gasteiger partial charge in [-0.15, -0.1) is 0 Å². The van der Waals surface area contributed by atoms with Crippen molar-refractivity contribution in [1.82, 2.24) is 19.8 Å². The number of halogens is 4. The van der Waals surface area contributed by atoms with Crippen LogP contribution in [0.15, 0.2) is 71.5 Å². The predicted molar refractivity (Wildman–Crippen MR) is 158 cm³/mol. The zero-order valence-corrected chi connectivity index (χ0v) is 24.2. The highest BCUT2D eigenvalue weighted by Crippen LogP contribution is 2.44. The number of rotatable bonds is 6. The lowest BCUT2D eigenvalue weighted by molar-refractivity contribution is -0.148. The number of nitrogens with one attached hydrogen (secondary N) is 1. The second kappa shape index (κ2) is 11.7. The van der Waals surface area contributed by atoms with E-state index in [1.165, 1.54) is 9.47 Å². The van der Waals surface area contributed by atoms with Crippen LogP contribution < -0.4 is 10.9 Å². The number of hydrogen-bond donors (Lipinski definition) is 1. The molecule has 0 radical (unpaired) electrons. The zero-order valence-electron chi connectivity index (χ0n) is 23.4. The molecule has 0 saturated carbocycles. The minimum absolute atomic E-state index is 0.116. The fraction of sp³-hybridized carbons (Fsp3) is 0.344. The van der Waals surface area contributed by atoms with Crippen molar-refractivity contribution in [2.24, 2.45) is 0 Å². The van der Waals surface area contributed by atoms with Gasteiger partial charge < -0.3 is 10.1 Å². The molecule has 1 N–H and O–H groups in total. The SMILES string of the molecule is C[C@H](NC(=O)OCC1c2ccccc2-c2ccccc21)c1nc2cccc(Cl)c2c(=O)n1C1CCN(CC(F)(F)F)CC1. The predicted octanol–water partition coefficient (Wildman–Crippen LogP) is 6.85. The molecule has 1 aromatic heterocycles. The van der Waals surface area contributed by atoms with E-state index in [4.69, 9.17) is 21.3 Å². The highest BCUT2D eigenvalue weighted by molar-refractivity contribution is 6.35. The van der Waals surface area contributed by atoms with Gasteiger partial charge in [-0.05, 0) is 54.2 Å². The summed E-state index contributed by atoms with van der Waals surface area (Å²) in [7, 11) is 0. The van der Waals surface area contributed by atoms with Gasteiger partial charge in [-0.3, -0.25) is 14.3 Å². The van der Waals surface area contributed by atoms with Crippen LogP contribution in [0.1, 0.15) is 54.7 Å². The number of carbonyl (C=O) groups excluding carboxylic acids is 1. The summed E-state index contributed by atoms with van der Waals surface area (Å²) < 4.78 is 46.1. The van der Waals surface area contributed by atoms with Crippen molar-refractivity contribution in [3.05, 3.63) is 99.1 Å². The number of alkyl carbamates (subject to hydrolysis) is 1. The van der Waals surface area contributed by atoms with Crippen molar-refractivity contribution in [3.63, 3.8) is 0 Å². The first kappa shape index (κ1) is 29.2. The van der Waals surface area contributed by atoms with Crippen LogP contribution in [-0.2, 0) is 4.74 Å². The molecule has 1 aliphatic heterocycles. The van der Waals surface area contributed by atoms with Crippen molar-refractivity contribution in [1.29, 1.82) is 0 Å². The van der Waals surface area contributed by atoms with Gasteiger partial charge in [0.25, 0.3) is 5.56 Å². The van der Waals surface area contributed by atoms with E-state index in [2.05, 4.69) is 17.4 Å². The fourth-order valence-corrected chi connectivity index (χ4v) is 6.60. The highest BCUT2D eigenvalue weighted by atomic mass is 35.5. The number of carbonyl (C=O) groups is 1. The molecule has 2 heterocycles. The van der Waals surface area contributed by atoms with Crippen LogP contribution in [0.2, 0.25) is 5.02 Å². The second-order valence-electron chi connectivity index (χ2n) is 11.1. The van der Waals surface area contributed by atoms with Crippen molar-refractivity contribution >= 4 is 28.6 Å². The topological polar surface area (TPSA) is 76.5 Å². The van der Waals surface area contributed by atoms with E-state index in [0.29, 0.717) is 24.2 Å². The van der Waals surface area contributed by atoms with Crippen molar-refractivity contribution in [2.45, 2.75) is 43.9 Å². The molecular formula is C32H30ClF3N4O3. The molecule has 0 bridgehead atoms. The van der Waals surface area contributed by atoms with Crippen LogP contribution in [0.5, 0.6) is 0 Å². The first-order valence-corrected chi connectivity index (χ1v) is 14.6. The maximum Gasteiger partial charge on any atom is 0.407 e. The average Bonchev–Trinajstić information content (AvgIpc) is 3.29. The van der Waals surface area contributed by atoms with Crippen molar-refractivity contribution < 1.29 is 22.7 Å². The first-order chi connectivity index (χ1) is 20.6. The third-order valence-electron chi connectivity index (χ3n) is 8.30. The van der Waals surface area contributed by atoms with E-state index in [1.54, 1.807) is 25.1 Å². The number of aromatic nitrogens is 2. The number of alkyl halides is 3. The summed E-state index contributed by atoms with van der Waals surface area (Å²) in [5, 5.41) is 3.29. The Balaban J connectivity index is 1.23. The lowest BCUT2D eigenvalue weighted by Crippen LogP contribution is -2.43. The highest BCUT2D eigenvalue weighted by Gasteiger charge is 2.34. The van der Waals surface area contributed by atoms with Gasteiger partial charge >= 0.3 is 12.3 Å². The molecule has 1 aliphatic carbocycles. The number of fused-ring (bicyclic) bond motifs is 4. The molecule has 2 aliphatic rings. The van der Waals surface area contributed by atoms with Crippen LogP contribution in [0.3, 0.4) is 0 Å². The number of piperidine rings is 1. The summed E-state index contributed by atoms with van der Waals surface area (Å²) in [5.74, 6) is 0.178. The Morgan fingerprint density at radius 1 is 1.02 bits per heavy atom. The number of likely N-dealkylation sites (tertiary alicyclic amines) is 1. The maximum absolute atomic E-state index is 13.8. The summed E-state index contributed by atoms with van der Waals surface area (Å²) in [6.07, 6.45) is -4.33. The molecule has 1 fully saturated rings. The molecule has 1 amide bonds. The van der Waals surface area contributed by atoms with Gasteiger partial charge in [0, 0.05) is 25.0 Å². The minimum atomic E-state index is -4.30. The van der Waals surface area contributed by atoms with Gasteiger partial charge in [-0.1, -0.05) is 66.2 Å². The lowest BCUT2D eigenvalue weighted by Gasteiger charge is -2.34. The molecule has 7 nitrogen and oxygen atoms in total. The molecule has 224 valence electrons.